The highest BCUT2D eigenvalue weighted by molar-refractivity contribution is 7.80. The molecule has 1 saturated carbocycles. The van der Waals surface area contributed by atoms with E-state index in [2.05, 4.69) is 20.9 Å². The van der Waals surface area contributed by atoms with E-state index in [-0.39, 0.29) is 85.2 Å². The summed E-state index contributed by atoms with van der Waals surface area (Å²) in [6.45, 7) is 2.91. The summed E-state index contributed by atoms with van der Waals surface area (Å²) in [6.07, 6.45) is -6.20. The normalized spacial score (nSPS) is 24.3. The summed E-state index contributed by atoms with van der Waals surface area (Å²) >= 11 is 11.9. The largest absolute Gasteiger partial charge is 0.419 e. The SMILES string of the molecule is CC1(C)C(=O)N(c2cnc(C#N)c(C(F)(F)F)c2)C(=S)N1[C@H]1CC[C@H](OCCN2CCN(CC(=O)Nc3cc(Cl)cc(NC4CCC(=O)NC4=O)c3)[C@@H](C(F)(F)F)C2)CC1. The zero-order valence-corrected chi connectivity index (χ0v) is 34.0. The van der Waals surface area contributed by atoms with Crippen LogP contribution in [0.25, 0.3) is 0 Å². The fourth-order valence-corrected chi connectivity index (χ4v) is 8.89. The van der Waals surface area contributed by atoms with Crippen molar-refractivity contribution in [3.05, 3.63) is 46.7 Å². The summed E-state index contributed by atoms with van der Waals surface area (Å²) in [6, 6.07) is 3.65. The molecular formula is C38H42ClF6N9O5S. The van der Waals surface area contributed by atoms with Gasteiger partial charge >= 0.3 is 12.4 Å². The summed E-state index contributed by atoms with van der Waals surface area (Å²) in [4.78, 5) is 59.3. The van der Waals surface area contributed by atoms with Crippen molar-refractivity contribution in [2.45, 2.75) is 94.5 Å². The van der Waals surface area contributed by atoms with Gasteiger partial charge in [-0.25, -0.2) is 4.98 Å². The van der Waals surface area contributed by atoms with E-state index in [0.29, 0.717) is 37.4 Å². The van der Waals surface area contributed by atoms with E-state index >= 15 is 0 Å². The Hall–Kier alpha value is -4.62. The first-order valence-corrected chi connectivity index (χ1v) is 19.9. The van der Waals surface area contributed by atoms with Gasteiger partial charge in [0, 0.05) is 55.0 Å². The quantitative estimate of drug-likeness (QED) is 0.156. The number of rotatable bonds is 11. The van der Waals surface area contributed by atoms with Crippen LogP contribution < -0.4 is 20.9 Å². The van der Waals surface area contributed by atoms with Gasteiger partial charge in [0.1, 0.15) is 23.7 Å². The number of piperidine rings is 1. The van der Waals surface area contributed by atoms with Crippen LogP contribution in [0.5, 0.6) is 0 Å². The molecule has 22 heteroatoms. The third kappa shape index (κ3) is 10.1. The molecule has 2 atom stereocenters. The number of amides is 4. The summed E-state index contributed by atoms with van der Waals surface area (Å²) in [5, 5.41) is 17.1. The van der Waals surface area contributed by atoms with Gasteiger partial charge < -0.3 is 20.3 Å². The molecule has 1 unspecified atom stereocenters. The van der Waals surface area contributed by atoms with E-state index in [4.69, 9.17) is 33.8 Å². The number of imide groups is 1. The number of hydrogen-bond acceptors (Lipinski definition) is 11. The van der Waals surface area contributed by atoms with Crippen LogP contribution in [0.1, 0.15) is 63.6 Å². The van der Waals surface area contributed by atoms with Crippen LogP contribution in [0.4, 0.5) is 43.4 Å². The summed E-state index contributed by atoms with van der Waals surface area (Å²) in [5.41, 5.74) is -2.92. The molecule has 1 aliphatic carbocycles. The van der Waals surface area contributed by atoms with Gasteiger partial charge in [-0.3, -0.25) is 39.2 Å². The van der Waals surface area contributed by atoms with Gasteiger partial charge in [0.15, 0.2) is 10.8 Å². The molecule has 4 heterocycles. The summed E-state index contributed by atoms with van der Waals surface area (Å²) in [7, 11) is 0. The Kier molecular flexibility index (Phi) is 13.3. The van der Waals surface area contributed by atoms with Crippen LogP contribution >= 0.6 is 23.8 Å². The Morgan fingerprint density at radius 3 is 2.40 bits per heavy atom. The van der Waals surface area contributed by atoms with Crippen molar-refractivity contribution in [2.24, 2.45) is 0 Å². The maximum atomic E-state index is 14.3. The number of nitrogens with one attached hydrogen (secondary N) is 3. The standard InChI is InChI=1S/C38H42ClF6N9O5S/c1-36(2)34(58)53(25-16-27(37(40,41)42)29(17-46)47-18-25)35(60)54(36)24-3-5-26(6-4-24)59-12-11-51-9-10-52(30(19-51)38(43,44)45)20-32(56)49-23-14-21(39)13-22(15-23)48-28-7-8-31(55)50-33(28)57/h13-16,18,24,26,28,30,48H,3-12,19-20H2,1-2H3,(H,49,56)(H,50,55,57)/t24-,26-,28?,30-/m1/s1. The topological polar surface area (TPSA) is 163 Å². The van der Waals surface area contributed by atoms with E-state index in [1.807, 2.05) is 0 Å². The average molecular weight is 886 g/mol. The van der Waals surface area contributed by atoms with E-state index < -0.39 is 65.5 Å². The van der Waals surface area contributed by atoms with Crippen LogP contribution in [0.3, 0.4) is 0 Å². The number of anilines is 3. The van der Waals surface area contributed by atoms with Gasteiger partial charge in [-0.05, 0) is 82.4 Å². The Morgan fingerprint density at radius 1 is 1.05 bits per heavy atom. The number of carbonyl (C=O) groups excluding carboxylic acids is 4. The molecule has 1 aromatic carbocycles. The second-order valence-electron chi connectivity index (χ2n) is 15.6. The molecule has 60 heavy (non-hydrogen) atoms. The lowest BCUT2D eigenvalue weighted by atomic mass is 9.89. The molecule has 0 bridgehead atoms. The molecule has 0 spiro atoms. The van der Waals surface area contributed by atoms with Crippen LogP contribution in [-0.4, -0.2) is 124 Å². The minimum atomic E-state index is -4.88. The molecule has 324 valence electrons. The summed E-state index contributed by atoms with van der Waals surface area (Å²) < 4.78 is 90.1. The Balaban J connectivity index is 0.980. The lowest BCUT2D eigenvalue weighted by Crippen LogP contribution is -2.60. The summed E-state index contributed by atoms with van der Waals surface area (Å²) in [5.74, 6) is -2.13. The van der Waals surface area contributed by atoms with Crippen LogP contribution in [0, 0.1) is 11.3 Å². The number of pyridine rings is 1. The molecule has 1 aromatic heterocycles. The molecule has 3 saturated heterocycles. The van der Waals surface area contributed by atoms with Crippen molar-refractivity contribution in [1.29, 1.82) is 5.26 Å². The van der Waals surface area contributed by atoms with E-state index in [9.17, 15) is 45.5 Å². The molecule has 3 aliphatic heterocycles. The lowest BCUT2D eigenvalue weighted by Gasteiger charge is -2.42. The van der Waals surface area contributed by atoms with Gasteiger partial charge in [-0.1, -0.05) is 11.6 Å². The maximum Gasteiger partial charge on any atom is 0.419 e. The number of alkyl halides is 6. The monoisotopic (exact) mass is 885 g/mol. The molecule has 4 fully saturated rings. The number of aromatic nitrogens is 1. The van der Waals surface area contributed by atoms with Crippen molar-refractivity contribution in [2.75, 3.05) is 54.9 Å². The minimum absolute atomic E-state index is 0.0165. The highest BCUT2D eigenvalue weighted by Crippen LogP contribution is 2.40. The third-order valence-corrected chi connectivity index (χ3v) is 11.7. The van der Waals surface area contributed by atoms with Gasteiger partial charge in [0.05, 0.1) is 36.7 Å². The first-order valence-electron chi connectivity index (χ1n) is 19.2. The predicted molar refractivity (Wildman–Crippen MR) is 210 cm³/mol. The van der Waals surface area contributed by atoms with Crippen LogP contribution in [0.2, 0.25) is 5.02 Å². The van der Waals surface area contributed by atoms with Gasteiger partial charge in [-0.2, -0.15) is 31.6 Å². The molecule has 3 N–H and O–H groups in total. The predicted octanol–water partition coefficient (Wildman–Crippen LogP) is 5.07. The Bertz CT molecular complexity index is 2060. The highest BCUT2D eigenvalue weighted by atomic mass is 35.5. The second kappa shape index (κ2) is 17.8. The van der Waals surface area contributed by atoms with Crippen molar-refractivity contribution in [1.82, 2.24) is 25.0 Å². The number of hydrogen-bond donors (Lipinski definition) is 3. The van der Waals surface area contributed by atoms with Crippen molar-refractivity contribution < 1.29 is 50.3 Å². The smallest absolute Gasteiger partial charge is 0.377 e. The van der Waals surface area contributed by atoms with Crippen molar-refractivity contribution in [3.8, 4) is 6.07 Å². The molecule has 14 nitrogen and oxygen atoms in total. The van der Waals surface area contributed by atoms with E-state index in [1.165, 1.54) is 24.3 Å². The molecule has 4 amide bonds. The second-order valence-corrected chi connectivity index (χ2v) is 16.4. The highest BCUT2D eigenvalue weighted by Gasteiger charge is 2.53. The fraction of sp³-hybridized carbons (Fsp3) is 0.553. The number of thiocarbonyl (C=S) groups is 1. The van der Waals surface area contributed by atoms with Crippen LogP contribution in [0.15, 0.2) is 30.5 Å². The molecule has 2 aromatic rings. The molecule has 4 aliphatic rings. The number of piperazine rings is 1. The fourth-order valence-electron chi connectivity index (χ4n) is 8.09. The van der Waals surface area contributed by atoms with E-state index in [1.54, 1.807) is 23.6 Å². The Morgan fingerprint density at radius 2 is 1.75 bits per heavy atom. The van der Waals surface area contributed by atoms with Crippen molar-refractivity contribution >= 4 is 69.6 Å². The molecule has 6 rings (SSSR count). The lowest BCUT2D eigenvalue weighted by molar-refractivity contribution is -0.197. The third-order valence-electron chi connectivity index (χ3n) is 11.1. The number of ether oxygens (including phenoxy) is 1. The van der Waals surface area contributed by atoms with Gasteiger partial charge in [0.2, 0.25) is 17.7 Å². The first kappa shape index (κ1) is 44.9. The number of benzene rings is 1. The molecular weight excluding hydrogens is 844 g/mol. The van der Waals surface area contributed by atoms with E-state index in [0.717, 1.165) is 16.0 Å². The minimum Gasteiger partial charge on any atom is -0.377 e. The number of carbonyl (C=O) groups is 4. The Labute approximate surface area is 351 Å². The zero-order chi connectivity index (χ0) is 43.7. The van der Waals surface area contributed by atoms with Gasteiger partial charge in [0.25, 0.3) is 5.91 Å². The maximum absolute atomic E-state index is 14.3. The van der Waals surface area contributed by atoms with Crippen molar-refractivity contribution in [3.63, 3.8) is 0 Å². The molecule has 0 radical (unpaired) electrons. The first-order chi connectivity index (χ1) is 28.1. The average Bonchev–Trinajstić information content (AvgIpc) is 3.34. The van der Waals surface area contributed by atoms with Crippen LogP contribution in [-0.2, 0) is 30.1 Å². The zero-order valence-electron chi connectivity index (χ0n) is 32.5. The number of nitriles is 1. The number of nitrogens with zero attached hydrogens (tertiary/aromatic N) is 6. The van der Waals surface area contributed by atoms with Gasteiger partial charge in [-0.15, -0.1) is 0 Å². The number of halogens is 7.